The molecule has 0 spiro atoms. The van der Waals surface area contributed by atoms with Gasteiger partial charge in [0, 0.05) is 50.1 Å². The van der Waals surface area contributed by atoms with Gasteiger partial charge >= 0.3 is 5.97 Å². The van der Waals surface area contributed by atoms with Gasteiger partial charge in [-0.3, -0.25) is 14.5 Å². The third kappa shape index (κ3) is 6.29. The summed E-state index contributed by atoms with van der Waals surface area (Å²) in [6.45, 7) is 0.00665. The van der Waals surface area contributed by atoms with Crippen molar-refractivity contribution in [1.29, 1.82) is 0 Å². The Morgan fingerprint density at radius 1 is 1.07 bits per heavy atom. The summed E-state index contributed by atoms with van der Waals surface area (Å²) in [5.41, 5.74) is 2.45. The van der Waals surface area contributed by atoms with Crippen LogP contribution in [0.25, 0.3) is 17.2 Å². The van der Waals surface area contributed by atoms with E-state index in [9.17, 15) is 28.3 Å². The van der Waals surface area contributed by atoms with Crippen LogP contribution < -0.4 is 10.2 Å². The molecule has 0 radical (unpaired) electrons. The summed E-state index contributed by atoms with van der Waals surface area (Å²) in [5.74, 6) is -4.54. The minimum absolute atomic E-state index is 0.00665. The maximum absolute atomic E-state index is 13.9. The highest BCUT2D eigenvalue weighted by Crippen LogP contribution is 2.36. The minimum Gasteiger partial charge on any atom is -0.507 e. The van der Waals surface area contributed by atoms with Gasteiger partial charge in [-0.2, -0.15) is 0 Å². The number of thiocarbonyl (C=S) groups is 1. The number of hydrogen-bond acceptors (Lipinski definition) is 7. The fraction of sp³-hybridized carbons (Fsp3) is 0.143. The molecule has 40 heavy (non-hydrogen) atoms. The van der Waals surface area contributed by atoms with Crippen LogP contribution in [-0.4, -0.2) is 57.9 Å². The number of amides is 2. The van der Waals surface area contributed by atoms with Crippen LogP contribution in [0.2, 0.25) is 0 Å². The second-order valence-corrected chi connectivity index (χ2v) is 10.6. The zero-order chi connectivity index (χ0) is 29.1. The monoisotopic (exact) mass is 583 g/mol. The fourth-order valence-electron chi connectivity index (χ4n) is 4.00. The number of carbonyl (C=O) groups excluding carboxylic acids is 2. The maximum atomic E-state index is 13.9. The van der Waals surface area contributed by atoms with Gasteiger partial charge in [0.05, 0.1) is 4.91 Å². The standard InChI is InChI=1S/C28H23F2N3O5S2/c1-32(2)22-8-3-15(11-19(22)16-4-7-20(29)21(30)13-16)12-24-26(36)33(28(39)40-24)10-9-25(35)31-17-5-6-18(27(37)38)23(34)14-17/h3-8,11-14,34H,9-10H2,1-2H3,(H,31,35)(H,37,38)/b24-12-. The summed E-state index contributed by atoms with van der Waals surface area (Å²) >= 11 is 6.44. The first-order chi connectivity index (χ1) is 18.9. The highest BCUT2D eigenvalue weighted by atomic mass is 32.2. The Bertz CT molecular complexity index is 1580. The molecular weight excluding hydrogens is 560 g/mol. The molecule has 3 N–H and O–H groups in total. The number of aromatic hydroxyl groups is 1. The maximum Gasteiger partial charge on any atom is 0.339 e. The number of thioether (sulfide) groups is 1. The third-order valence-corrected chi connectivity index (χ3v) is 7.36. The number of benzene rings is 3. The lowest BCUT2D eigenvalue weighted by atomic mass is 9.99. The quantitative estimate of drug-likeness (QED) is 0.241. The van der Waals surface area contributed by atoms with Gasteiger partial charge in [0.1, 0.15) is 15.6 Å². The Labute approximate surface area is 237 Å². The Kier molecular flexibility index (Phi) is 8.50. The second-order valence-electron chi connectivity index (χ2n) is 8.97. The number of anilines is 2. The average Bonchev–Trinajstić information content (AvgIpc) is 3.15. The van der Waals surface area contributed by atoms with Crippen molar-refractivity contribution in [3.05, 3.63) is 82.3 Å². The van der Waals surface area contributed by atoms with Gasteiger partial charge in [-0.15, -0.1) is 0 Å². The molecule has 2 amide bonds. The van der Waals surface area contributed by atoms with Gasteiger partial charge in [-0.25, -0.2) is 13.6 Å². The molecule has 1 heterocycles. The number of carboxylic acid groups (broad SMARTS) is 1. The van der Waals surface area contributed by atoms with Gasteiger partial charge in [0.2, 0.25) is 5.91 Å². The number of carbonyl (C=O) groups is 3. The van der Waals surface area contributed by atoms with Crippen LogP contribution >= 0.6 is 24.0 Å². The summed E-state index contributed by atoms with van der Waals surface area (Å²) in [4.78, 5) is 40.0. The molecule has 3 aromatic rings. The number of hydrogen-bond donors (Lipinski definition) is 3. The molecule has 8 nitrogen and oxygen atoms in total. The van der Waals surface area contributed by atoms with E-state index in [2.05, 4.69) is 5.32 Å². The lowest BCUT2D eigenvalue weighted by molar-refractivity contribution is -0.122. The predicted octanol–water partition coefficient (Wildman–Crippen LogP) is 5.33. The van der Waals surface area contributed by atoms with Gasteiger partial charge < -0.3 is 20.4 Å². The first kappa shape index (κ1) is 28.7. The van der Waals surface area contributed by atoms with Crippen molar-refractivity contribution in [3.8, 4) is 16.9 Å². The van der Waals surface area contributed by atoms with Crippen molar-refractivity contribution in [2.75, 3.05) is 30.9 Å². The molecule has 4 rings (SSSR count). The van der Waals surface area contributed by atoms with E-state index >= 15 is 0 Å². The Balaban J connectivity index is 1.48. The number of phenols is 1. The number of rotatable bonds is 8. The molecule has 12 heteroatoms. The summed E-state index contributed by atoms with van der Waals surface area (Å²) in [7, 11) is 3.65. The Hall–Kier alpha value is -4.29. The zero-order valence-electron chi connectivity index (χ0n) is 21.3. The molecule has 0 aromatic heterocycles. The smallest absolute Gasteiger partial charge is 0.339 e. The zero-order valence-corrected chi connectivity index (χ0v) is 22.9. The van der Waals surface area contributed by atoms with Crippen LogP contribution in [-0.2, 0) is 9.59 Å². The van der Waals surface area contributed by atoms with Crippen LogP contribution in [0, 0.1) is 11.6 Å². The number of halogens is 2. The van der Waals surface area contributed by atoms with Crippen molar-refractivity contribution in [3.63, 3.8) is 0 Å². The van der Waals surface area contributed by atoms with E-state index in [1.807, 2.05) is 25.1 Å². The van der Waals surface area contributed by atoms with E-state index in [1.165, 1.54) is 23.1 Å². The normalized spacial score (nSPS) is 14.1. The largest absolute Gasteiger partial charge is 0.507 e. The van der Waals surface area contributed by atoms with Crippen molar-refractivity contribution in [2.24, 2.45) is 0 Å². The predicted molar refractivity (Wildman–Crippen MR) is 154 cm³/mol. The molecule has 1 aliphatic rings. The molecule has 0 bridgehead atoms. The molecule has 0 saturated carbocycles. The van der Waals surface area contributed by atoms with E-state index in [-0.39, 0.29) is 34.4 Å². The Morgan fingerprint density at radius 3 is 2.48 bits per heavy atom. The summed E-state index contributed by atoms with van der Waals surface area (Å²) in [6, 6.07) is 12.7. The number of carboxylic acids is 1. The van der Waals surface area contributed by atoms with E-state index in [0.29, 0.717) is 21.6 Å². The van der Waals surface area contributed by atoms with E-state index < -0.39 is 29.3 Å². The van der Waals surface area contributed by atoms with Crippen LogP contribution in [0.15, 0.2) is 59.5 Å². The molecule has 3 aromatic carbocycles. The highest BCUT2D eigenvalue weighted by Gasteiger charge is 2.32. The highest BCUT2D eigenvalue weighted by molar-refractivity contribution is 8.26. The second kappa shape index (κ2) is 11.8. The van der Waals surface area contributed by atoms with Crippen molar-refractivity contribution in [1.82, 2.24) is 4.90 Å². The first-order valence-electron chi connectivity index (χ1n) is 11.8. The first-order valence-corrected chi connectivity index (χ1v) is 13.1. The summed E-state index contributed by atoms with van der Waals surface area (Å²) in [5, 5.41) is 21.3. The fourth-order valence-corrected chi connectivity index (χ4v) is 5.31. The van der Waals surface area contributed by atoms with Gasteiger partial charge in [-0.05, 0) is 53.6 Å². The Morgan fingerprint density at radius 2 is 1.82 bits per heavy atom. The molecule has 206 valence electrons. The number of nitrogens with one attached hydrogen (secondary N) is 1. The van der Waals surface area contributed by atoms with E-state index in [4.69, 9.17) is 17.3 Å². The van der Waals surface area contributed by atoms with Crippen LogP contribution in [0.1, 0.15) is 22.3 Å². The number of nitrogens with zero attached hydrogens (tertiary/aromatic N) is 2. The van der Waals surface area contributed by atoms with Crippen LogP contribution in [0.5, 0.6) is 5.75 Å². The molecule has 0 unspecified atom stereocenters. The molecular formula is C28H23F2N3O5S2. The average molecular weight is 584 g/mol. The molecule has 1 saturated heterocycles. The van der Waals surface area contributed by atoms with Gasteiger partial charge in [0.15, 0.2) is 11.6 Å². The molecule has 1 fully saturated rings. The summed E-state index contributed by atoms with van der Waals surface area (Å²) < 4.78 is 27.7. The molecule has 0 atom stereocenters. The van der Waals surface area contributed by atoms with E-state index in [0.717, 1.165) is 35.6 Å². The van der Waals surface area contributed by atoms with Crippen molar-refractivity contribution in [2.45, 2.75) is 6.42 Å². The lowest BCUT2D eigenvalue weighted by Gasteiger charge is -2.18. The van der Waals surface area contributed by atoms with Crippen molar-refractivity contribution >= 4 is 63.5 Å². The van der Waals surface area contributed by atoms with Crippen molar-refractivity contribution < 1.29 is 33.4 Å². The topological polar surface area (TPSA) is 110 Å². The molecule has 0 aliphatic carbocycles. The van der Waals surface area contributed by atoms with Crippen LogP contribution in [0.4, 0.5) is 20.2 Å². The van der Waals surface area contributed by atoms with Crippen LogP contribution in [0.3, 0.4) is 0 Å². The van der Waals surface area contributed by atoms with Gasteiger partial charge in [-0.1, -0.05) is 36.1 Å². The number of aromatic carboxylic acids is 1. The SMILES string of the molecule is CN(C)c1ccc(/C=C2\SC(=S)N(CCC(=O)Nc3ccc(C(=O)O)c(O)c3)C2=O)cc1-c1ccc(F)c(F)c1. The summed E-state index contributed by atoms with van der Waals surface area (Å²) in [6.07, 6.45) is 1.55. The van der Waals surface area contributed by atoms with Gasteiger partial charge in [0.25, 0.3) is 5.91 Å². The van der Waals surface area contributed by atoms with E-state index in [1.54, 1.807) is 18.2 Å². The third-order valence-electron chi connectivity index (χ3n) is 5.98. The minimum atomic E-state index is -1.30. The molecule has 1 aliphatic heterocycles. The lowest BCUT2D eigenvalue weighted by Crippen LogP contribution is -2.31.